The molecule has 0 nitrogen and oxygen atoms in total. The molecular formula is C10H10Br3Cl3Zr2. The van der Waals surface area contributed by atoms with E-state index in [2.05, 4.69) is 36.5 Å². The molecule has 0 aromatic rings. The minimum absolute atomic E-state index is 0. The van der Waals surface area contributed by atoms with Crippen LogP contribution in [0.3, 0.4) is 0 Å². The van der Waals surface area contributed by atoms with Crippen molar-refractivity contribution in [1.82, 2.24) is 0 Å². The van der Waals surface area contributed by atoms with E-state index in [4.69, 9.17) is 0 Å². The summed E-state index contributed by atoms with van der Waals surface area (Å²) in [6.07, 6.45) is 15.4. The standard InChI is InChI=1S/2C5H5.3BrH.3ClH.2Zr/c2*1-2-4-5-3-1;;;;;;;;/h2*1-3H,4H2;6*1H;;/q;;;;;;;;2*+3/p-6. The molecule has 0 amide bonds. The SMILES string of the molecule is [Br-].[Br-].[Br-].[Cl-].[Cl-].[Cl-].[Zr+3][C]1=CC=CC1.[Zr+3][C]1=CC=CC1. The van der Waals surface area contributed by atoms with E-state index in [0.717, 1.165) is 0 Å². The Labute approximate surface area is 190 Å². The van der Waals surface area contributed by atoms with E-state index in [-0.39, 0.29) is 88.2 Å². The van der Waals surface area contributed by atoms with Crippen LogP contribution in [0.15, 0.2) is 43.0 Å². The first-order valence-corrected chi connectivity index (χ1v) is 6.39. The molecule has 0 fully saturated rings. The van der Waals surface area contributed by atoms with Crippen molar-refractivity contribution in [3.05, 3.63) is 43.0 Å². The molecule has 0 bridgehead atoms. The van der Waals surface area contributed by atoms with Crippen molar-refractivity contribution in [2.75, 3.05) is 0 Å². The first-order valence-electron chi connectivity index (χ1n) is 3.93. The molecule has 0 atom stereocenters. The van der Waals surface area contributed by atoms with Gasteiger partial charge < -0.3 is 88.2 Å². The van der Waals surface area contributed by atoms with Gasteiger partial charge in [0, 0.05) is 0 Å². The van der Waals surface area contributed by atoms with Gasteiger partial charge in [0.1, 0.15) is 0 Å². The van der Waals surface area contributed by atoms with E-state index >= 15 is 0 Å². The summed E-state index contributed by atoms with van der Waals surface area (Å²) in [6.45, 7) is 0. The molecule has 0 saturated carbocycles. The zero-order valence-electron chi connectivity index (χ0n) is 9.15. The van der Waals surface area contributed by atoms with Gasteiger partial charge in [0.15, 0.2) is 0 Å². The third-order valence-electron chi connectivity index (χ3n) is 1.54. The van der Waals surface area contributed by atoms with Crippen molar-refractivity contribution in [3.8, 4) is 0 Å². The van der Waals surface area contributed by atoms with Crippen LogP contribution in [0.2, 0.25) is 0 Å². The average Bonchev–Trinajstić information content (AvgIpc) is 2.63. The summed E-state index contributed by atoms with van der Waals surface area (Å²) in [5.74, 6) is 0. The van der Waals surface area contributed by atoms with Gasteiger partial charge in [-0.05, 0) is 0 Å². The van der Waals surface area contributed by atoms with Crippen LogP contribution < -0.4 is 88.2 Å². The molecule has 0 aliphatic heterocycles. The van der Waals surface area contributed by atoms with E-state index in [9.17, 15) is 0 Å². The summed E-state index contributed by atoms with van der Waals surface area (Å²) >= 11 is 3.13. The Morgan fingerprint density at radius 2 is 0.944 bits per heavy atom. The fourth-order valence-electron chi connectivity index (χ4n) is 0.894. The van der Waals surface area contributed by atoms with Crippen LogP contribution in [0.5, 0.6) is 0 Å². The van der Waals surface area contributed by atoms with Crippen molar-refractivity contribution in [1.29, 1.82) is 0 Å². The van der Waals surface area contributed by atoms with Crippen LogP contribution in [-0.2, 0) is 49.4 Å². The number of rotatable bonds is 0. The van der Waals surface area contributed by atoms with E-state index in [1.165, 1.54) is 12.8 Å². The van der Waals surface area contributed by atoms with Gasteiger partial charge in [-0.3, -0.25) is 0 Å². The molecule has 0 unspecified atom stereocenters. The monoisotopic (exact) mass is 652 g/mol. The topological polar surface area (TPSA) is 0 Å². The molecule has 2 rings (SSSR count). The van der Waals surface area contributed by atoms with Crippen LogP contribution in [0.25, 0.3) is 0 Å². The zero-order valence-corrected chi connectivity index (χ0v) is 21.1. The van der Waals surface area contributed by atoms with Gasteiger partial charge in [-0.15, -0.1) is 0 Å². The predicted molar refractivity (Wildman–Crippen MR) is 43.7 cm³/mol. The molecule has 0 heterocycles. The fraction of sp³-hybridized carbons (Fsp3) is 0.200. The molecule has 18 heavy (non-hydrogen) atoms. The van der Waals surface area contributed by atoms with Gasteiger partial charge >= 0.3 is 105 Å². The summed E-state index contributed by atoms with van der Waals surface area (Å²) in [6, 6.07) is 0. The van der Waals surface area contributed by atoms with Crippen LogP contribution in [0, 0.1) is 0 Å². The van der Waals surface area contributed by atoms with Crippen molar-refractivity contribution in [2.24, 2.45) is 0 Å². The normalized spacial score (nSPS) is 12.4. The summed E-state index contributed by atoms with van der Waals surface area (Å²) in [5, 5.41) is 0. The minimum atomic E-state index is 0. The molecule has 0 aromatic carbocycles. The quantitative estimate of drug-likeness (QED) is 0.243. The third kappa shape index (κ3) is 21.3. The van der Waals surface area contributed by atoms with Crippen LogP contribution >= 0.6 is 0 Å². The van der Waals surface area contributed by atoms with Gasteiger partial charge in [0.25, 0.3) is 0 Å². The van der Waals surface area contributed by atoms with Crippen LogP contribution in [0.4, 0.5) is 0 Å². The Morgan fingerprint density at radius 3 is 1.00 bits per heavy atom. The van der Waals surface area contributed by atoms with Crippen molar-refractivity contribution in [2.45, 2.75) is 12.8 Å². The van der Waals surface area contributed by atoms with E-state index < -0.39 is 0 Å². The maximum absolute atomic E-state index is 2.18. The van der Waals surface area contributed by atoms with Gasteiger partial charge in [-0.2, -0.15) is 0 Å². The summed E-state index contributed by atoms with van der Waals surface area (Å²) in [4.78, 5) is 0. The first kappa shape index (κ1) is 37.4. The molecule has 0 saturated heterocycles. The molecule has 0 radical (unpaired) electrons. The molecular weight excluding hydrogens is 649 g/mol. The van der Waals surface area contributed by atoms with Gasteiger partial charge in [-0.25, -0.2) is 0 Å². The predicted octanol–water partition coefficient (Wildman–Crippen LogP) is -15.2. The first-order chi connectivity index (χ1) is 5.79. The molecule has 0 aromatic heterocycles. The molecule has 0 N–H and O–H groups in total. The Balaban J connectivity index is -0.0000000300. The molecule has 0 spiro atoms. The number of hydrogen-bond donors (Lipinski definition) is 0. The molecule has 100 valence electrons. The second kappa shape index (κ2) is 25.0. The Morgan fingerprint density at radius 1 is 0.667 bits per heavy atom. The fourth-order valence-corrected chi connectivity index (χ4v) is 1.95. The Hall–Kier alpha value is 3.04. The average molecular weight is 659 g/mol. The van der Waals surface area contributed by atoms with Gasteiger partial charge in [-0.1, -0.05) is 0 Å². The number of allylic oxidation sites excluding steroid dienone is 8. The number of halogens is 6. The van der Waals surface area contributed by atoms with Gasteiger partial charge in [0.2, 0.25) is 0 Å². The van der Waals surface area contributed by atoms with Gasteiger partial charge in [0.05, 0.1) is 0 Å². The summed E-state index contributed by atoms with van der Waals surface area (Å²) in [5.41, 5.74) is 0. The third-order valence-corrected chi connectivity index (χ3v) is 3.37. The Kier molecular flexibility index (Phi) is 51.9. The van der Waals surface area contributed by atoms with Crippen LogP contribution in [-0.4, -0.2) is 0 Å². The van der Waals surface area contributed by atoms with Crippen molar-refractivity contribution in [3.63, 3.8) is 0 Å². The Bertz CT molecular complexity index is 252. The molecule has 2 aliphatic rings. The van der Waals surface area contributed by atoms with Crippen molar-refractivity contribution >= 4 is 0 Å². The summed E-state index contributed by atoms with van der Waals surface area (Å²) in [7, 11) is 0. The molecule has 2 aliphatic carbocycles. The van der Waals surface area contributed by atoms with E-state index in [0.29, 0.717) is 0 Å². The van der Waals surface area contributed by atoms with E-state index in [1.54, 1.807) is 56.0 Å². The molecule has 8 heteroatoms. The maximum atomic E-state index is 2.18. The van der Waals surface area contributed by atoms with E-state index in [1.807, 2.05) is 0 Å². The van der Waals surface area contributed by atoms with Crippen LogP contribution in [0.1, 0.15) is 12.8 Å². The zero-order chi connectivity index (χ0) is 8.81. The van der Waals surface area contributed by atoms with Crippen molar-refractivity contribution < 1.29 is 138 Å². The second-order valence-corrected chi connectivity index (χ2v) is 5.81. The number of hydrogen-bond acceptors (Lipinski definition) is 0. The summed E-state index contributed by atoms with van der Waals surface area (Å²) < 4.78 is 3.12. The second-order valence-electron chi connectivity index (χ2n) is 2.65.